The van der Waals surface area contributed by atoms with Crippen LogP contribution in [0.4, 0.5) is 0 Å². The Bertz CT molecular complexity index is 543. The highest BCUT2D eigenvalue weighted by molar-refractivity contribution is 5.31. The Labute approximate surface area is 119 Å². The lowest BCUT2D eigenvalue weighted by Crippen LogP contribution is -2.19. The van der Waals surface area contributed by atoms with E-state index in [0.717, 1.165) is 18.7 Å². The minimum atomic E-state index is 0.582. The van der Waals surface area contributed by atoms with Gasteiger partial charge in [0.25, 0.3) is 0 Å². The molecule has 0 fully saturated rings. The predicted octanol–water partition coefficient (Wildman–Crippen LogP) is 2.86. The highest BCUT2D eigenvalue weighted by atomic mass is 16.5. The van der Waals surface area contributed by atoms with E-state index in [4.69, 9.17) is 10.00 Å². The van der Waals surface area contributed by atoms with Crippen LogP contribution in [0, 0.1) is 11.3 Å². The van der Waals surface area contributed by atoms with Crippen LogP contribution in [-0.4, -0.2) is 13.2 Å². The van der Waals surface area contributed by atoms with Crippen LogP contribution in [0.25, 0.3) is 0 Å². The highest BCUT2D eigenvalue weighted by Crippen LogP contribution is 2.04. The van der Waals surface area contributed by atoms with Crippen LogP contribution in [0.2, 0.25) is 0 Å². The Kier molecular flexibility index (Phi) is 5.78. The Morgan fingerprint density at radius 1 is 0.950 bits per heavy atom. The zero-order valence-electron chi connectivity index (χ0n) is 11.4. The van der Waals surface area contributed by atoms with E-state index in [1.807, 2.05) is 42.5 Å². The van der Waals surface area contributed by atoms with Gasteiger partial charge >= 0.3 is 0 Å². The Morgan fingerprint density at radius 2 is 1.70 bits per heavy atom. The van der Waals surface area contributed by atoms with Crippen molar-refractivity contribution in [3.05, 3.63) is 71.3 Å². The summed E-state index contributed by atoms with van der Waals surface area (Å²) in [6, 6.07) is 19.9. The van der Waals surface area contributed by atoms with Crippen molar-refractivity contribution in [1.29, 1.82) is 5.26 Å². The molecule has 0 bridgehead atoms. The molecule has 3 nitrogen and oxygen atoms in total. The molecule has 0 aromatic heterocycles. The van der Waals surface area contributed by atoms with Gasteiger partial charge in [-0.3, -0.25) is 0 Å². The van der Waals surface area contributed by atoms with Crippen LogP contribution < -0.4 is 5.32 Å². The van der Waals surface area contributed by atoms with E-state index in [2.05, 4.69) is 23.5 Å². The van der Waals surface area contributed by atoms with Gasteiger partial charge in [0.2, 0.25) is 0 Å². The summed E-state index contributed by atoms with van der Waals surface area (Å²) in [5.74, 6) is 0. The molecule has 0 spiro atoms. The lowest BCUT2D eigenvalue weighted by Gasteiger charge is -2.06. The van der Waals surface area contributed by atoms with Gasteiger partial charge in [-0.15, -0.1) is 0 Å². The maximum Gasteiger partial charge on any atom is 0.0991 e. The molecule has 0 saturated heterocycles. The van der Waals surface area contributed by atoms with Gasteiger partial charge in [-0.25, -0.2) is 0 Å². The normalized spacial score (nSPS) is 10.2. The molecular weight excluding hydrogens is 248 g/mol. The van der Waals surface area contributed by atoms with Gasteiger partial charge in [0.15, 0.2) is 0 Å². The lowest BCUT2D eigenvalue weighted by molar-refractivity contribution is 0.122. The van der Waals surface area contributed by atoms with Crippen LogP contribution in [0.1, 0.15) is 16.7 Å². The largest absolute Gasteiger partial charge is 0.375 e. The van der Waals surface area contributed by atoms with E-state index in [9.17, 15) is 0 Å². The summed E-state index contributed by atoms with van der Waals surface area (Å²) in [6.07, 6.45) is 0. The molecule has 2 aromatic rings. The van der Waals surface area contributed by atoms with E-state index < -0.39 is 0 Å². The third-order valence-electron chi connectivity index (χ3n) is 2.95. The average Bonchev–Trinajstić information content (AvgIpc) is 2.52. The number of benzene rings is 2. The second-order valence-corrected chi connectivity index (χ2v) is 4.52. The van der Waals surface area contributed by atoms with Gasteiger partial charge < -0.3 is 10.1 Å². The number of rotatable bonds is 7. The van der Waals surface area contributed by atoms with E-state index in [1.54, 1.807) is 0 Å². The average molecular weight is 266 g/mol. The fourth-order valence-corrected chi connectivity index (χ4v) is 1.84. The lowest BCUT2D eigenvalue weighted by atomic mass is 10.2. The highest BCUT2D eigenvalue weighted by Gasteiger charge is 1.95. The second kappa shape index (κ2) is 8.11. The van der Waals surface area contributed by atoms with Gasteiger partial charge in [-0.05, 0) is 23.3 Å². The molecular formula is C17H18N2O. The third-order valence-corrected chi connectivity index (χ3v) is 2.95. The monoisotopic (exact) mass is 266 g/mol. The van der Waals surface area contributed by atoms with Crippen molar-refractivity contribution in [3.8, 4) is 6.07 Å². The third kappa shape index (κ3) is 4.85. The fraction of sp³-hybridized carbons (Fsp3) is 0.235. The van der Waals surface area contributed by atoms with E-state index in [1.165, 1.54) is 5.56 Å². The topological polar surface area (TPSA) is 45.0 Å². The zero-order chi connectivity index (χ0) is 14.0. The molecule has 0 aliphatic carbocycles. The van der Waals surface area contributed by atoms with Crippen molar-refractivity contribution in [1.82, 2.24) is 5.32 Å². The fourth-order valence-electron chi connectivity index (χ4n) is 1.84. The molecule has 2 rings (SSSR count). The molecule has 20 heavy (non-hydrogen) atoms. The molecule has 1 N–H and O–H groups in total. The first-order valence-corrected chi connectivity index (χ1v) is 6.70. The van der Waals surface area contributed by atoms with Gasteiger partial charge in [0, 0.05) is 13.1 Å². The molecule has 0 unspecified atom stereocenters. The van der Waals surface area contributed by atoms with Crippen LogP contribution >= 0.6 is 0 Å². The van der Waals surface area contributed by atoms with Gasteiger partial charge in [-0.1, -0.05) is 42.5 Å². The minimum Gasteiger partial charge on any atom is -0.375 e. The zero-order valence-corrected chi connectivity index (χ0v) is 11.4. The summed E-state index contributed by atoms with van der Waals surface area (Å²) in [5.41, 5.74) is 3.05. The van der Waals surface area contributed by atoms with Gasteiger partial charge in [0.05, 0.1) is 24.8 Å². The van der Waals surface area contributed by atoms with Crippen LogP contribution in [0.3, 0.4) is 0 Å². The number of hydrogen-bond donors (Lipinski definition) is 1. The van der Waals surface area contributed by atoms with Gasteiger partial charge in [0.1, 0.15) is 0 Å². The number of nitrogens with zero attached hydrogens (tertiary/aromatic N) is 1. The summed E-state index contributed by atoms with van der Waals surface area (Å²) in [5, 5.41) is 12.0. The first kappa shape index (κ1) is 14.3. The van der Waals surface area contributed by atoms with Crippen molar-refractivity contribution in [2.45, 2.75) is 13.2 Å². The maximum absolute atomic E-state index is 8.71. The summed E-state index contributed by atoms with van der Waals surface area (Å²) in [7, 11) is 0. The number of nitriles is 1. The number of ether oxygens (including phenoxy) is 1. The Hall–Kier alpha value is -2.15. The van der Waals surface area contributed by atoms with Crippen LogP contribution in [0.5, 0.6) is 0 Å². The molecule has 0 heterocycles. The molecule has 0 radical (unpaired) electrons. The van der Waals surface area contributed by atoms with Crippen molar-refractivity contribution in [2.24, 2.45) is 0 Å². The van der Waals surface area contributed by atoms with Crippen molar-refractivity contribution < 1.29 is 4.74 Å². The number of hydrogen-bond acceptors (Lipinski definition) is 3. The van der Waals surface area contributed by atoms with Gasteiger partial charge in [-0.2, -0.15) is 5.26 Å². The standard InChI is InChI=1S/C17H18N2O/c18-12-15-6-8-17(9-7-15)14-20-11-10-19-13-16-4-2-1-3-5-16/h1-9,19H,10-11,13-14H2. The maximum atomic E-state index is 8.71. The number of nitrogens with one attached hydrogen (secondary N) is 1. The SMILES string of the molecule is N#Cc1ccc(COCCNCc2ccccc2)cc1. The van der Waals surface area contributed by atoms with E-state index in [0.29, 0.717) is 18.8 Å². The first-order chi connectivity index (χ1) is 9.88. The Balaban J connectivity index is 1.58. The summed E-state index contributed by atoms with van der Waals surface area (Å²) < 4.78 is 5.59. The quantitative estimate of drug-likeness (QED) is 0.784. The summed E-state index contributed by atoms with van der Waals surface area (Å²) in [4.78, 5) is 0. The van der Waals surface area contributed by atoms with Crippen molar-refractivity contribution in [3.63, 3.8) is 0 Å². The van der Waals surface area contributed by atoms with E-state index >= 15 is 0 Å². The molecule has 2 aromatic carbocycles. The van der Waals surface area contributed by atoms with Crippen LogP contribution in [0.15, 0.2) is 54.6 Å². The predicted molar refractivity (Wildman–Crippen MR) is 79.0 cm³/mol. The second-order valence-electron chi connectivity index (χ2n) is 4.52. The summed E-state index contributed by atoms with van der Waals surface area (Å²) in [6.45, 7) is 2.94. The van der Waals surface area contributed by atoms with Crippen molar-refractivity contribution in [2.75, 3.05) is 13.2 Å². The van der Waals surface area contributed by atoms with Crippen LogP contribution in [-0.2, 0) is 17.9 Å². The molecule has 102 valence electrons. The first-order valence-electron chi connectivity index (χ1n) is 6.70. The smallest absolute Gasteiger partial charge is 0.0991 e. The molecule has 0 aliphatic rings. The summed E-state index contributed by atoms with van der Waals surface area (Å²) >= 11 is 0. The molecule has 3 heteroatoms. The molecule has 0 saturated carbocycles. The van der Waals surface area contributed by atoms with E-state index in [-0.39, 0.29) is 0 Å². The molecule has 0 aliphatic heterocycles. The molecule has 0 amide bonds. The minimum absolute atomic E-state index is 0.582. The molecule has 0 atom stereocenters. The van der Waals surface area contributed by atoms with Crippen molar-refractivity contribution >= 4 is 0 Å². The Morgan fingerprint density at radius 3 is 2.40 bits per heavy atom.